The topological polar surface area (TPSA) is 63.1 Å². The maximum Gasteiger partial charge on any atom is 0.191 e. The van der Waals surface area contributed by atoms with Crippen LogP contribution in [0.1, 0.15) is 58.3 Å². The maximum absolute atomic E-state index is 9.59. The second-order valence-electron chi connectivity index (χ2n) is 8.40. The van der Waals surface area contributed by atoms with E-state index in [1.165, 1.54) is 32.1 Å². The quantitative estimate of drug-likeness (QED) is 0.377. The molecule has 2 bridgehead atoms. The average Bonchev–Trinajstić information content (AvgIpc) is 2.61. The molecule has 0 amide bonds. The fraction of sp³-hybridized carbons (Fsp3) is 0.950. The zero-order valence-electron chi connectivity index (χ0n) is 16.8. The van der Waals surface area contributed by atoms with Crippen LogP contribution in [-0.2, 0) is 0 Å². The molecule has 0 aromatic carbocycles. The Morgan fingerprint density at radius 1 is 1.12 bits per heavy atom. The fourth-order valence-electron chi connectivity index (χ4n) is 4.88. The molecule has 2 atom stereocenters. The van der Waals surface area contributed by atoms with E-state index >= 15 is 0 Å². The summed E-state index contributed by atoms with van der Waals surface area (Å²) in [6, 6.07) is 2.05. The highest BCUT2D eigenvalue weighted by Crippen LogP contribution is 2.32. The first-order chi connectivity index (χ1) is 12.7. The molecule has 0 aromatic rings. The van der Waals surface area contributed by atoms with Crippen molar-refractivity contribution < 1.29 is 5.11 Å². The van der Waals surface area contributed by atoms with Crippen LogP contribution in [-0.4, -0.2) is 84.9 Å². The number of nitrogens with zero attached hydrogens (tertiary/aromatic N) is 3. The molecule has 150 valence electrons. The summed E-state index contributed by atoms with van der Waals surface area (Å²) in [7, 11) is 2.31. The van der Waals surface area contributed by atoms with Gasteiger partial charge in [0.1, 0.15) is 0 Å². The van der Waals surface area contributed by atoms with Gasteiger partial charge >= 0.3 is 0 Å². The molecule has 3 fully saturated rings. The van der Waals surface area contributed by atoms with E-state index in [0.29, 0.717) is 6.04 Å². The van der Waals surface area contributed by atoms with Crippen LogP contribution < -0.4 is 10.6 Å². The van der Waals surface area contributed by atoms with Gasteiger partial charge in [-0.3, -0.25) is 4.99 Å². The number of guanidine groups is 1. The number of likely N-dealkylation sites (tertiary alicyclic amines) is 1. The monoisotopic (exact) mass is 365 g/mol. The minimum atomic E-state index is -0.0807. The SMILES string of the molecule is CCNC(=NCCCN1CCC(O)CC1)NC1CC2CCCC(C1)N2C. The fourth-order valence-corrected chi connectivity index (χ4v) is 4.88. The normalized spacial score (nSPS) is 31.8. The van der Waals surface area contributed by atoms with E-state index in [9.17, 15) is 5.11 Å². The molecule has 3 heterocycles. The van der Waals surface area contributed by atoms with Gasteiger partial charge in [0.15, 0.2) is 5.96 Å². The van der Waals surface area contributed by atoms with Crippen molar-refractivity contribution >= 4 is 5.96 Å². The summed E-state index contributed by atoms with van der Waals surface area (Å²) in [4.78, 5) is 9.90. The second kappa shape index (κ2) is 9.90. The van der Waals surface area contributed by atoms with Gasteiger partial charge in [0, 0.05) is 44.3 Å². The summed E-state index contributed by atoms with van der Waals surface area (Å²) in [6.45, 7) is 7.07. The van der Waals surface area contributed by atoms with Crippen molar-refractivity contribution in [1.82, 2.24) is 20.4 Å². The van der Waals surface area contributed by atoms with Crippen LogP contribution in [0.4, 0.5) is 0 Å². The summed E-state index contributed by atoms with van der Waals surface area (Å²) in [6.07, 6.45) is 9.44. The Balaban J connectivity index is 1.42. The molecule has 6 heteroatoms. The highest BCUT2D eigenvalue weighted by atomic mass is 16.3. The number of fused-ring (bicyclic) bond motifs is 2. The van der Waals surface area contributed by atoms with Crippen LogP contribution in [0, 0.1) is 0 Å². The van der Waals surface area contributed by atoms with Gasteiger partial charge in [0.25, 0.3) is 0 Å². The van der Waals surface area contributed by atoms with Crippen LogP contribution in [0.15, 0.2) is 4.99 Å². The van der Waals surface area contributed by atoms with E-state index in [1.807, 2.05) is 0 Å². The number of aliphatic hydroxyl groups excluding tert-OH is 1. The summed E-state index contributed by atoms with van der Waals surface area (Å²) in [5.41, 5.74) is 0. The number of piperidine rings is 3. The average molecular weight is 366 g/mol. The van der Waals surface area contributed by atoms with Crippen LogP contribution in [0.2, 0.25) is 0 Å². The molecule has 0 saturated carbocycles. The van der Waals surface area contributed by atoms with E-state index in [-0.39, 0.29) is 6.10 Å². The lowest BCUT2D eigenvalue weighted by atomic mass is 9.82. The van der Waals surface area contributed by atoms with Gasteiger partial charge in [0.05, 0.1) is 6.10 Å². The molecule has 2 unspecified atom stereocenters. The zero-order valence-corrected chi connectivity index (χ0v) is 16.8. The predicted octanol–water partition coefficient (Wildman–Crippen LogP) is 1.40. The van der Waals surface area contributed by atoms with E-state index in [2.05, 4.69) is 34.4 Å². The molecule has 3 aliphatic rings. The molecular formula is C20H39N5O. The lowest BCUT2D eigenvalue weighted by molar-refractivity contribution is 0.0526. The molecule has 3 aliphatic heterocycles. The molecule has 3 saturated heterocycles. The Morgan fingerprint density at radius 3 is 2.46 bits per heavy atom. The number of aliphatic hydroxyl groups is 1. The minimum absolute atomic E-state index is 0.0807. The second-order valence-corrected chi connectivity index (χ2v) is 8.40. The molecule has 26 heavy (non-hydrogen) atoms. The van der Waals surface area contributed by atoms with Crippen LogP contribution >= 0.6 is 0 Å². The number of hydrogen-bond acceptors (Lipinski definition) is 4. The van der Waals surface area contributed by atoms with Gasteiger partial charge in [-0.05, 0) is 65.5 Å². The standard InChI is InChI=1S/C20H39N5O/c1-3-21-20(22-10-5-11-25-12-8-19(26)9-13-25)23-16-14-17-6-4-7-18(15-16)24(17)2/h16-19,26H,3-15H2,1-2H3,(H2,21,22,23). The number of nitrogens with one attached hydrogen (secondary N) is 2. The lowest BCUT2D eigenvalue weighted by Crippen LogP contribution is -2.56. The first-order valence-corrected chi connectivity index (χ1v) is 10.8. The molecular weight excluding hydrogens is 326 g/mol. The van der Waals surface area contributed by atoms with Gasteiger partial charge in [0.2, 0.25) is 0 Å². The van der Waals surface area contributed by atoms with E-state index in [0.717, 1.165) is 70.0 Å². The van der Waals surface area contributed by atoms with Crippen molar-refractivity contribution in [3.63, 3.8) is 0 Å². The van der Waals surface area contributed by atoms with Crippen LogP contribution in [0.5, 0.6) is 0 Å². The van der Waals surface area contributed by atoms with Gasteiger partial charge < -0.3 is 25.5 Å². The van der Waals surface area contributed by atoms with Crippen molar-refractivity contribution in [2.24, 2.45) is 4.99 Å². The molecule has 0 spiro atoms. The zero-order chi connectivity index (χ0) is 18.4. The summed E-state index contributed by atoms with van der Waals surface area (Å²) in [5, 5.41) is 16.7. The Hall–Kier alpha value is -0.850. The summed E-state index contributed by atoms with van der Waals surface area (Å²) < 4.78 is 0. The predicted molar refractivity (Wildman–Crippen MR) is 108 cm³/mol. The highest BCUT2D eigenvalue weighted by molar-refractivity contribution is 5.80. The van der Waals surface area contributed by atoms with Gasteiger partial charge in [-0.2, -0.15) is 0 Å². The van der Waals surface area contributed by atoms with Crippen LogP contribution in [0.3, 0.4) is 0 Å². The number of rotatable bonds is 6. The van der Waals surface area contributed by atoms with Crippen molar-refractivity contribution in [3.05, 3.63) is 0 Å². The van der Waals surface area contributed by atoms with Crippen molar-refractivity contribution in [1.29, 1.82) is 0 Å². The Morgan fingerprint density at radius 2 is 1.81 bits per heavy atom. The van der Waals surface area contributed by atoms with Gasteiger partial charge in [-0.15, -0.1) is 0 Å². The minimum Gasteiger partial charge on any atom is -0.393 e. The Kier molecular flexibility index (Phi) is 7.58. The first-order valence-electron chi connectivity index (χ1n) is 10.8. The van der Waals surface area contributed by atoms with Crippen molar-refractivity contribution in [3.8, 4) is 0 Å². The molecule has 0 radical (unpaired) electrons. The Labute approximate surface area is 159 Å². The van der Waals surface area contributed by atoms with Crippen LogP contribution in [0.25, 0.3) is 0 Å². The third-order valence-electron chi connectivity index (χ3n) is 6.48. The molecule has 6 nitrogen and oxygen atoms in total. The van der Waals surface area contributed by atoms with Gasteiger partial charge in [-0.25, -0.2) is 0 Å². The van der Waals surface area contributed by atoms with E-state index in [1.54, 1.807) is 0 Å². The summed E-state index contributed by atoms with van der Waals surface area (Å²) in [5.74, 6) is 0.995. The summed E-state index contributed by atoms with van der Waals surface area (Å²) >= 11 is 0. The molecule has 3 N–H and O–H groups in total. The van der Waals surface area contributed by atoms with Crippen molar-refractivity contribution in [2.75, 3.05) is 39.8 Å². The molecule has 0 aromatic heterocycles. The Bertz CT molecular complexity index is 435. The molecule has 0 aliphatic carbocycles. The lowest BCUT2D eigenvalue weighted by Gasteiger charge is -2.47. The molecule has 3 rings (SSSR count). The third kappa shape index (κ3) is 5.57. The van der Waals surface area contributed by atoms with Crippen molar-refractivity contribution in [2.45, 2.75) is 82.5 Å². The number of hydrogen-bond donors (Lipinski definition) is 3. The number of aliphatic imine (C=N–C) groups is 1. The maximum atomic E-state index is 9.59. The van der Waals surface area contributed by atoms with E-state index < -0.39 is 0 Å². The third-order valence-corrected chi connectivity index (χ3v) is 6.48. The first kappa shape index (κ1) is 19.9. The highest BCUT2D eigenvalue weighted by Gasteiger charge is 2.36. The smallest absolute Gasteiger partial charge is 0.191 e. The van der Waals surface area contributed by atoms with Gasteiger partial charge in [-0.1, -0.05) is 6.42 Å². The largest absolute Gasteiger partial charge is 0.393 e. The van der Waals surface area contributed by atoms with E-state index in [4.69, 9.17) is 4.99 Å².